The van der Waals surface area contributed by atoms with E-state index in [4.69, 9.17) is 0 Å². The maximum Gasteiger partial charge on any atom is 0.416 e. The third-order valence-corrected chi connectivity index (χ3v) is 4.95. The predicted molar refractivity (Wildman–Crippen MR) is 111 cm³/mol. The molecule has 0 aliphatic carbocycles. The van der Waals surface area contributed by atoms with E-state index in [1.165, 1.54) is 12.1 Å². The lowest BCUT2D eigenvalue weighted by Gasteiger charge is -2.22. The van der Waals surface area contributed by atoms with E-state index in [9.17, 15) is 23.1 Å². The molecule has 0 saturated heterocycles. The van der Waals surface area contributed by atoms with Crippen molar-refractivity contribution in [2.75, 3.05) is 0 Å². The van der Waals surface area contributed by atoms with Crippen molar-refractivity contribution in [1.29, 1.82) is 0 Å². The Bertz CT molecular complexity index is 1240. The van der Waals surface area contributed by atoms with Crippen LogP contribution in [0.15, 0.2) is 85.1 Å². The molecule has 0 spiro atoms. The second kappa shape index (κ2) is 8.10. The van der Waals surface area contributed by atoms with Gasteiger partial charge in [-0.1, -0.05) is 54.6 Å². The number of hydrogen-bond acceptors (Lipinski definition) is 3. The number of phenolic OH excluding ortho intramolecular Hbond substituents is 1. The van der Waals surface area contributed by atoms with Gasteiger partial charge in [-0.05, 0) is 29.8 Å². The zero-order valence-electron chi connectivity index (χ0n) is 16.1. The van der Waals surface area contributed by atoms with Gasteiger partial charge in [-0.2, -0.15) is 13.2 Å². The minimum absolute atomic E-state index is 0.101. The number of rotatable bonds is 4. The average molecular weight is 422 g/mol. The molecule has 156 valence electrons. The number of aromatic hydroxyl groups is 1. The Balaban J connectivity index is 1.76. The number of carbonyl (C=O) groups is 1. The van der Waals surface area contributed by atoms with Gasteiger partial charge in [-0.25, -0.2) is 0 Å². The van der Waals surface area contributed by atoms with Crippen LogP contribution >= 0.6 is 0 Å². The van der Waals surface area contributed by atoms with E-state index in [-0.39, 0.29) is 11.3 Å². The third-order valence-electron chi connectivity index (χ3n) is 4.95. The van der Waals surface area contributed by atoms with Crippen molar-refractivity contribution in [3.8, 4) is 5.75 Å². The molecule has 0 radical (unpaired) electrons. The Morgan fingerprint density at radius 1 is 0.935 bits per heavy atom. The van der Waals surface area contributed by atoms with Crippen LogP contribution in [0, 0.1) is 0 Å². The van der Waals surface area contributed by atoms with E-state index in [2.05, 4.69) is 10.3 Å². The first-order valence-electron chi connectivity index (χ1n) is 9.44. The molecule has 4 aromatic rings. The van der Waals surface area contributed by atoms with Crippen molar-refractivity contribution in [1.82, 2.24) is 10.3 Å². The van der Waals surface area contributed by atoms with E-state index in [1.54, 1.807) is 60.8 Å². The first-order valence-corrected chi connectivity index (χ1v) is 9.44. The molecule has 31 heavy (non-hydrogen) atoms. The number of nitrogens with one attached hydrogen (secondary N) is 1. The molecule has 0 saturated carbocycles. The summed E-state index contributed by atoms with van der Waals surface area (Å²) in [5.74, 6) is -0.795. The molecule has 2 N–H and O–H groups in total. The normalized spacial score (nSPS) is 12.5. The second-order valence-electron chi connectivity index (χ2n) is 6.97. The monoisotopic (exact) mass is 422 g/mol. The number of hydrogen-bond donors (Lipinski definition) is 2. The Hall–Kier alpha value is -3.87. The van der Waals surface area contributed by atoms with Crippen molar-refractivity contribution in [2.24, 2.45) is 0 Å². The van der Waals surface area contributed by atoms with E-state index >= 15 is 0 Å². The maximum atomic E-state index is 13.1. The molecule has 1 atom stereocenters. The molecule has 0 fully saturated rings. The number of amides is 1. The molecule has 4 rings (SSSR count). The highest BCUT2D eigenvalue weighted by molar-refractivity contribution is 5.95. The molecule has 4 nitrogen and oxygen atoms in total. The highest BCUT2D eigenvalue weighted by Gasteiger charge is 2.31. The molecular weight excluding hydrogens is 405 g/mol. The number of halogens is 3. The summed E-state index contributed by atoms with van der Waals surface area (Å²) < 4.78 is 39.2. The number of carbonyl (C=O) groups excluding carboxylic acids is 1. The smallest absolute Gasteiger partial charge is 0.416 e. The predicted octanol–water partition coefficient (Wildman–Crippen LogP) is 5.48. The van der Waals surface area contributed by atoms with E-state index < -0.39 is 23.7 Å². The van der Waals surface area contributed by atoms with Crippen molar-refractivity contribution >= 4 is 16.8 Å². The van der Waals surface area contributed by atoms with Gasteiger partial charge in [-0.15, -0.1) is 0 Å². The minimum atomic E-state index is -4.56. The highest BCUT2D eigenvalue weighted by atomic mass is 19.4. The van der Waals surface area contributed by atoms with Crippen LogP contribution in [-0.4, -0.2) is 16.0 Å². The molecule has 1 heterocycles. The summed E-state index contributed by atoms with van der Waals surface area (Å²) >= 11 is 0. The van der Waals surface area contributed by atoms with Crippen LogP contribution in [0.1, 0.15) is 33.1 Å². The van der Waals surface area contributed by atoms with E-state index in [0.717, 1.165) is 17.5 Å². The van der Waals surface area contributed by atoms with Crippen LogP contribution in [0.25, 0.3) is 10.9 Å². The van der Waals surface area contributed by atoms with Gasteiger partial charge in [0.05, 0.1) is 11.6 Å². The van der Waals surface area contributed by atoms with Gasteiger partial charge in [0, 0.05) is 22.7 Å². The van der Waals surface area contributed by atoms with Crippen LogP contribution < -0.4 is 5.32 Å². The Kier molecular flexibility index (Phi) is 5.33. The first-order chi connectivity index (χ1) is 14.8. The van der Waals surface area contributed by atoms with E-state index in [0.29, 0.717) is 16.6 Å². The minimum Gasteiger partial charge on any atom is -0.505 e. The topological polar surface area (TPSA) is 62.2 Å². The zero-order chi connectivity index (χ0) is 22.0. The summed E-state index contributed by atoms with van der Waals surface area (Å²) in [4.78, 5) is 17.1. The van der Waals surface area contributed by atoms with Crippen LogP contribution in [0.4, 0.5) is 13.2 Å². The van der Waals surface area contributed by atoms with Gasteiger partial charge in [0.1, 0.15) is 11.3 Å². The fraction of sp³-hybridized carbons (Fsp3) is 0.0833. The molecule has 0 bridgehead atoms. The highest BCUT2D eigenvalue weighted by Crippen LogP contribution is 2.35. The lowest BCUT2D eigenvalue weighted by atomic mass is 9.96. The van der Waals surface area contributed by atoms with Crippen LogP contribution in [-0.2, 0) is 6.18 Å². The molecule has 1 aromatic heterocycles. The van der Waals surface area contributed by atoms with Crippen molar-refractivity contribution < 1.29 is 23.1 Å². The summed E-state index contributed by atoms with van der Waals surface area (Å²) in [7, 11) is 0. The number of nitrogens with zero attached hydrogens (tertiary/aromatic N) is 1. The van der Waals surface area contributed by atoms with Gasteiger partial charge in [-0.3, -0.25) is 9.78 Å². The lowest BCUT2D eigenvalue weighted by Crippen LogP contribution is -2.29. The van der Waals surface area contributed by atoms with Crippen molar-refractivity contribution in [3.05, 3.63) is 107 Å². The van der Waals surface area contributed by atoms with Gasteiger partial charge in [0.25, 0.3) is 5.91 Å². The standard InChI is InChI=1S/C24H17F3N2O2/c25-24(26,27)18-10-4-8-17(14-18)23(31)29-20(15-6-2-1-3-7-15)19-12-11-16-9-5-13-28-21(16)22(19)30/h1-14,20,30H,(H,29,31). The quantitative estimate of drug-likeness (QED) is 0.458. The number of alkyl halides is 3. The molecule has 1 unspecified atom stereocenters. The Labute approximate surface area is 176 Å². The number of pyridine rings is 1. The van der Waals surface area contributed by atoms with Crippen LogP contribution in [0.5, 0.6) is 5.75 Å². The maximum absolute atomic E-state index is 13.1. The van der Waals surface area contributed by atoms with E-state index in [1.807, 2.05) is 0 Å². The summed E-state index contributed by atoms with van der Waals surface area (Å²) in [6.45, 7) is 0. The Morgan fingerprint density at radius 2 is 1.71 bits per heavy atom. The summed E-state index contributed by atoms with van der Waals surface area (Å²) in [6, 6.07) is 19.3. The molecular formula is C24H17F3N2O2. The van der Waals surface area contributed by atoms with Crippen LogP contribution in [0.3, 0.4) is 0 Å². The summed E-state index contributed by atoms with van der Waals surface area (Å²) in [5, 5.41) is 14.3. The Morgan fingerprint density at radius 3 is 2.45 bits per heavy atom. The molecule has 1 amide bonds. The second-order valence-corrected chi connectivity index (χ2v) is 6.97. The van der Waals surface area contributed by atoms with Crippen LogP contribution in [0.2, 0.25) is 0 Å². The zero-order valence-corrected chi connectivity index (χ0v) is 16.1. The van der Waals surface area contributed by atoms with Crippen molar-refractivity contribution in [3.63, 3.8) is 0 Å². The number of aromatic nitrogens is 1. The van der Waals surface area contributed by atoms with Gasteiger partial charge < -0.3 is 10.4 Å². The summed E-state index contributed by atoms with van der Waals surface area (Å²) in [6.07, 6.45) is -3.01. The summed E-state index contributed by atoms with van der Waals surface area (Å²) in [5.41, 5.74) is 0.378. The lowest BCUT2D eigenvalue weighted by molar-refractivity contribution is -0.137. The van der Waals surface area contributed by atoms with Gasteiger partial charge in [0.15, 0.2) is 0 Å². The average Bonchev–Trinajstić information content (AvgIpc) is 2.78. The molecule has 0 aliphatic rings. The number of phenols is 1. The van der Waals surface area contributed by atoms with Gasteiger partial charge in [0.2, 0.25) is 0 Å². The first kappa shape index (κ1) is 20.4. The SMILES string of the molecule is O=C(NC(c1ccccc1)c1ccc2cccnc2c1O)c1cccc(C(F)(F)F)c1. The number of fused-ring (bicyclic) bond motifs is 1. The largest absolute Gasteiger partial charge is 0.505 e. The molecule has 3 aromatic carbocycles. The molecule has 7 heteroatoms. The molecule has 0 aliphatic heterocycles. The fourth-order valence-corrected chi connectivity index (χ4v) is 3.42. The fourth-order valence-electron chi connectivity index (χ4n) is 3.42. The van der Waals surface area contributed by atoms with Crippen molar-refractivity contribution in [2.45, 2.75) is 12.2 Å². The van der Waals surface area contributed by atoms with Gasteiger partial charge >= 0.3 is 6.18 Å². The third kappa shape index (κ3) is 4.21. The number of benzene rings is 3.